The van der Waals surface area contributed by atoms with Gasteiger partial charge in [-0.25, -0.2) is 4.39 Å². The van der Waals surface area contributed by atoms with Crippen LogP contribution in [0.1, 0.15) is 51.0 Å². The monoisotopic (exact) mass is 263 g/mol. The number of nitrogens with one attached hydrogen (secondary N) is 1. The summed E-state index contributed by atoms with van der Waals surface area (Å²) in [5.74, 6) is 0.751. The summed E-state index contributed by atoms with van der Waals surface area (Å²) in [5.41, 5.74) is 0.865. The van der Waals surface area contributed by atoms with Crippen molar-refractivity contribution < 1.29 is 4.39 Å². The van der Waals surface area contributed by atoms with E-state index in [0.29, 0.717) is 6.04 Å². The minimum Gasteiger partial charge on any atom is -0.314 e. The second-order valence-electron chi connectivity index (χ2n) is 5.74. The maximum absolute atomic E-state index is 13.6. The molecule has 1 nitrogen and oxygen atoms in total. The van der Waals surface area contributed by atoms with Crippen LogP contribution in [0.3, 0.4) is 0 Å². The molecule has 0 bridgehead atoms. The molecule has 1 aromatic rings. The van der Waals surface area contributed by atoms with Crippen molar-refractivity contribution >= 4 is 0 Å². The van der Waals surface area contributed by atoms with Crippen LogP contribution < -0.4 is 5.32 Å². The zero-order valence-electron chi connectivity index (χ0n) is 12.0. The molecule has 0 amide bonds. The molecular weight excluding hydrogens is 237 g/mol. The van der Waals surface area contributed by atoms with Gasteiger partial charge in [-0.15, -0.1) is 0 Å². The average Bonchev–Trinajstić information content (AvgIpc) is 2.94. The Labute approximate surface area is 116 Å². The van der Waals surface area contributed by atoms with Crippen molar-refractivity contribution in [3.05, 3.63) is 35.6 Å². The van der Waals surface area contributed by atoms with Crippen molar-refractivity contribution in [2.24, 2.45) is 5.92 Å². The second-order valence-corrected chi connectivity index (χ2v) is 5.74. The zero-order chi connectivity index (χ0) is 13.5. The van der Waals surface area contributed by atoms with Gasteiger partial charge < -0.3 is 5.32 Å². The largest absolute Gasteiger partial charge is 0.314 e. The summed E-state index contributed by atoms with van der Waals surface area (Å²) in [6.07, 6.45) is 8.51. The third kappa shape index (κ3) is 4.31. The molecule has 0 spiro atoms. The molecule has 1 aromatic carbocycles. The van der Waals surface area contributed by atoms with E-state index in [4.69, 9.17) is 0 Å². The summed E-state index contributed by atoms with van der Waals surface area (Å²) in [6.45, 7) is 3.29. The highest BCUT2D eigenvalue weighted by Gasteiger charge is 2.24. The summed E-state index contributed by atoms with van der Waals surface area (Å²) >= 11 is 0. The third-order valence-corrected chi connectivity index (χ3v) is 4.31. The third-order valence-electron chi connectivity index (χ3n) is 4.31. The average molecular weight is 263 g/mol. The molecule has 0 radical (unpaired) electrons. The van der Waals surface area contributed by atoms with Gasteiger partial charge in [0, 0.05) is 6.04 Å². The molecule has 2 rings (SSSR count). The van der Waals surface area contributed by atoms with E-state index >= 15 is 0 Å². The van der Waals surface area contributed by atoms with Crippen LogP contribution in [0.25, 0.3) is 0 Å². The van der Waals surface area contributed by atoms with Crippen LogP contribution in [0.5, 0.6) is 0 Å². The second kappa shape index (κ2) is 7.64. The van der Waals surface area contributed by atoms with Crippen molar-refractivity contribution in [2.45, 2.75) is 57.9 Å². The number of benzene rings is 1. The molecule has 2 heteroatoms. The lowest BCUT2D eigenvalue weighted by atomic mass is 9.92. The minimum absolute atomic E-state index is 0.0526. The van der Waals surface area contributed by atoms with Gasteiger partial charge >= 0.3 is 0 Å². The molecule has 0 heterocycles. The molecule has 1 N–H and O–H groups in total. The van der Waals surface area contributed by atoms with Crippen LogP contribution in [0.15, 0.2) is 24.3 Å². The molecular formula is C17H26FN. The molecule has 1 atom stereocenters. The Hall–Kier alpha value is -0.890. The normalized spacial score (nSPS) is 17.8. The van der Waals surface area contributed by atoms with Crippen LogP contribution in [0.2, 0.25) is 0 Å². The van der Waals surface area contributed by atoms with Gasteiger partial charge in [0.1, 0.15) is 5.82 Å². The van der Waals surface area contributed by atoms with Crippen LogP contribution in [-0.2, 0) is 6.42 Å². The van der Waals surface area contributed by atoms with E-state index in [1.54, 1.807) is 12.1 Å². The number of aryl methyl sites for hydroxylation is 1. The van der Waals surface area contributed by atoms with Gasteiger partial charge in [0.05, 0.1) is 0 Å². The topological polar surface area (TPSA) is 12.0 Å². The summed E-state index contributed by atoms with van der Waals surface area (Å²) in [5, 5.41) is 3.68. The Bertz CT molecular complexity index is 371. The first-order valence-electron chi connectivity index (χ1n) is 7.78. The number of halogens is 1. The lowest BCUT2D eigenvalue weighted by molar-refractivity contribution is 0.339. The smallest absolute Gasteiger partial charge is 0.126 e. The van der Waals surface area contributed by atoms with E-state index in [-0.39, 0.29) is 5.82 Å². The Kier molecular flexibility index (Phi) is 5.84. The van der Waals surface area contributed by atoms with E-state index in [1.807, 2.05) is 12.1 Å². The van der Waals surface area contributed by atoms with E-state index in [9.17, 15) is 4.39 Å². The highest BCUT2D eigenvalue weighted by Crippen LogP contribution is 2.29. The molecule has 1 unspecified atom stereocenters. The van der Waals surface area contributed by atoms with Gasteiger partial charge in [-0.1, -0.05) is 38.0 Å². The van der Waals surface area contributed by atoms with Crippen LogP contribution in [-0.4, -0.2) is 12.6 Å². The molecule has 0 aliphatic heterocycles. The standard InChI is InChI=1S/C17H26FN/c1-2-13-19-17(15-8-3-4-9-15)12-11-14-7-5-6-10-16(14)18/h5-7,10,15,17,19H,2-4,8-9,11-13H2,1H3. The lowest BCUT2D eigenvalue weighted by Crippen LogP contribution is -2.36. The molecule has 0 aromatic heterocycles. The van der Waals surface area contributed by atoms with Crippen LogP contribution >= 0.6 is 0 Å². The Morgan fingerprint density at radius 1 is 1.26 bits per heavy atom. The molecule has 1 saturated carbocycles. The maximum atomic E-state index is 13.6. The predicted molar refractivity (Wildman–Crippen MR) is 78.8 cm³/mol. The predicted octanol–water partition coefficient (Wildman–Crippen LogP) is 4.32. The van der Waals surface area contributed by atoms with Crippen molar-refractivity contribution in [3.8, 4) is 0 Å². The van der Waals surface area contributed by atoms with Gasteiger partial charge in [0.25, 0.3) is 0 Å². The molecule has 19 heavy (non-hydrogen) atoms. The van der Waals surface area contributed by atoms with Gasteiger partial charge in [-0.2, -0.15) is 0 Å². The Morgan fingerprint density at radius 3 is 2.68 bits per heavy atom. The molecule has 1 aliphatic carbocycles. The highest BCUT2D eigenvalue weighted by atomic mass is 19.1. The number of hydrogen-bond acceptors (Lipinski definition) is 1. The molecule has 1 aliphatic rings. The van der Waals surface area contributed by atoms with Crippen molar-refractivity contribution in [3.63, 3.8) is 0 Å². The van der Waals surface area contributed by atoms with Crippen molar-refractivity contribution in [1.29, 1.82) is 0 Å². The summed E-state index contributed by atoms with van der Waals surface area (Å²) in [6, 6.07) is 7.76. The first-order valence-corrected chi connectivity index (χ1v) is 7.78. The lowest BCUT2D eigenvalue weighted by Gasteiger charge is -2.25. The first kappa shape index (κ1) is 14.5. The van der Waals surface area contributed by atoms with E-state index in [0.717, 1.165) is 30.9 Å². The van der Waals surface area contributed by atoms with Crippen molar-refractivity contribution in [1.82, 2.24) is 5.32 Å². The van der Waals surface area contributed by atoms with Crippen LogP contribution in [0.4, 0.5) is 4.39 Å². The van der Waals surface area contributed by atoms with E-state index < -0.39 is 0 Å². The number of rotatable bonds is 7. The van der Waals surface area contributed by atoms with Gasteiger partial charge in [0.2, 0.25) is 0 Å². The van der Waals surface area contributed by atoms with Gasteiger partial charge in [-0.3, -0.25) is 0 Å². The van der Waals surface area contributed by atoms with Gasteiger partial charge in [0.15, 0.2) is 0 Å². The van der Waals surface area contributed by atoms with Crippen LogP contribution in [0, 0.1) is 11.7 Å². The fourth-order valence-corrected chi connectivity index (χ4v) is 3.21. The van der Waals surface area contributed by atoms with E-state index in [2.05, 4.69) is 12.2 Å². The zero-order valence-corrected chi connectivity index (χ0v) is 12.0. The Balaban J connectivity index is 1.90. The Morgan fingerprint density at radius 2 is 2.00 bits per heavy atom. The fraction of sp³-hybridized carbons (Fsp3) is 0.647. The molecule has 106 valence electrons. The maximum Gasteiger partial charge on any atom is 0.126 e. The SMILES string of the molecule is CCCNC(CCc1ccccc1F)C1CCCC1. The summed E-state index contributed by atoms with van der Waals surface area (Å²) in [7, 11) is 0. The molecule has 0 saturated heterocycles. The fourth-order valence-electron chi connectivity index (χ4n) is 3.21. The quantitative estimate of drug-likeness (QED) is 0.772. The number of hydrogen-bond donors (Lipinski definition) is 1. The summed E-state index contributed by atoms with van der Waals surface area (Å²) in [4.78, 5) is 0. The van der Waals surface area contributed by atoms with E-state index in [1.165, 1.54) is 32.1 Å². The minimum atomic E-state index is -0.0526. The van der Waals surface area contributed by atoms with Gasteiger partial charge in [-0.05, 0) is 56.2 Å². The highest BCUT2D eigenvalue weighted by molar-refractivity contribution is 5.17. The van der Waals surface area contributed by atoms with Crippen molar-refractivity contribution in [2.75, 3.05) is 6.54 Å². The molecule has 1 fully saturated rings. The first-order chi connectivity index (χ1) is 9.31. The summed E-state index contributed by atoms with van der Waals surface area (Å²) < 4.78 is 13.6.